The third kappa shape index (κ3) is 1.90. The molecule has 92 valence electrons. The van der Waals surface area contributed by atoms with Crippen molar-refractivity contribution >= 4 is 10.9 Å². The zero-order valence-electron chi connectivity index (χ0n) is 10.6. The molecule has 0 saturated heterocycles. The van der Waals surface area contributed by atoms with Crippen molar-refractivity contribution in [3.05, 3.63) is 47.7 Å². The van der Waals surface area contributed by atoms with Crippen LogP contribution < -0.4 is 0 Å². The van der Waals surface area contributed by atoms with Crippen molar-refractivity contribution in [2.75, 3.05) is 0 Å². The number of rotatable bonds is 3. The molecule has 0 bridgehead atoms. The van der Waals surface area contributed by atoms with Crippen molar-refractivity contribution in [1.29, 1.82) is 0 Å². The molecule has 0 amide bonds. The smallest absolute Gasteiger partial charge is 0.226 e. The van der Waals surface area contributed by atoms with Gasteiger partial charge in [-0.3, -0.25) is 0 Å². The Kier molecular flexibility index (Phi) is 2.63. The lowest BCUT2D eigenvalue weighted by Crippen LogP contribution is -1.99. The van der Waals surface area contributed by atoms with E-state index >= 15 is 0 Å². The van der Waals surface area contributed by atoms with Gasteiger partial charge in [-0.15, -0.1) is 0 Å². The predicted molar refractivity (Wildman–Crippen MR) is 69.5 cm³/mol. The van der Waals surface area contributed by atoms with E-state index in [1.807, 2.05) is 6.92 Å². The van der Waals surface area contributed by atoms with Gasteiger partial charge in [0.2, 0.25) is 5.89 Å². The standard InChI is InChI=1S/C14H15N3O/c1-3-14-15-13(16-18-14)9-17-7-6-11-8-10(2)4-5-12(11)17/h4-8H,3,9H2,1-2H3. The molecule has 1 aromatic carbocycles. The van der Waals surface area contributed by atoms with Gasteiger partial charge < -0.3 is 9.09 Å². The molecule has 2 aromatic heterocycles. The first-order valence-electron chi connectivity index (χ1n) is 6.13. The Morgan fingerprint density at radius 1 is 1.28 bits per heavy atom. The van der Waals surface area contributed by atoms with E-state index in [-0.39, 0.29) is 0 Å². The molecule has 0 saturated carbocycles. The van der Waals surface area contributed by atoms with Crippen molar-refractivity contribution in [3.63, 3.8) is 0 Å². The Labute approximate surface area is 105 Å². The number of aromatic nitrogens is 3. The molecule has 3 rings (SSSR count). The van der Waals surface area contributed by atoms with Gasteiger partial charge in [-0.25, -0.2) is 0 Å². The molecule has 0 radical (unpaired) electrons. The normalized spacial score (nSPS) is 11.2. The molecule has 18 heavy (non-hydrogen) atoms. The third-order valence-corrected chi connectivity index (χ3v) is 3.05. The molecule has 0 fully saturated rings. The molecule has 0 spiro atoms. The first kappa shape index (κ1) is 11.0. The molecule has 0 atom stereocenters. The number of benzene rings is 1. The van der Waals surface area contributed by atoms with Crippen LogP contribution in [-0.2, 0) is 13.0 Å². The van der Waals surface area contributed by atoms with Crippen LogP contribution >= 0.6 is 0 Å². The summed E-state index contributed by atoms with van der Waals surface area (Å²) in [5, 5.41) is 5.22. The van der Waals surface area contributed by atoms with Crippen LogP contribution in [-0.4, -0.2) is 14.7 Å². The lowest BCUT2D eigenvalue weighted by molar-refractivity contribution is 0.375. The Balaban J connectivity index is 1.95. The Morgan fingerprint density at radius 3 is 2.94 bits per heavy atom. The van der Waals surface area contributed by atoms with E-state index in [1.165, 1.54) is 16.5 Å². The van der Waals surface area contributed by atoms with Crippen molar-refractivity contribution in [1.82, 2.24) is 14.7 Å². The van der Waals surface area contributed by atoms with E-state index in [9.17, 15) is 0 Å². The van der Waals surface area contributed by atoms with E-state index in [0.717, 1.165) is 12.2 Å². The maximum atomic E-state index is 5.12. The summed E-state index contributed by atoms with van der Waals surface area (Å²) >= 11 is 0. The molecule has 0 aliphatic heterocycles. The molecular formula is C14H15N3O. The van der Waals surface area contributed by atoms with Gasteiger partial charge in [-0.1, -0.05) is 23.7 Å². The Hall–Kier alpha value is -2.10. The highest BCUT2D eigenvalue weighted by atomic mass is 16.5. The minimum absolute atomic E-state index is 0.649. The zero-order valence-corrected chi connectivity index (χ0v) is 10.6. The second kappa shape index (κ2) is 4.29. The third-order valence-electron chi connectivity index (χ3n) is 3.05. The van der Waals surface area contributed by atoms with Crippen molar-refractivity contribution in [3.8, 4) is 0 Å². The second-order valence-electron chi connectivity index (χ2n) is 4.46. The van der Waals surface area contributed by atoms with E-state index < -0.39 is 0 Å². The van der Waals surface area contributed by atoms with E-state index in [4.69, 9.17) is 4.52 Å². The summed E-state index contributed by atoms with van der Waals surface area (Å²) in [4.78, 5) is 4.33. The molecule has 0 aliphatic rings. The average molecular weight is 241 g/mol. The maximum Gasteiger partial charge on any atom is 0.226 e. The van der Waals surface area contributed by atoms with Gasteiger partial charge in [0.1, 0.15) is 0 Å². The van der Waals surface area contributed by atoms with Crippen LogP contribution in [0.15, 0.2) is 35.0 Å². The topological polar surface area (TPSA) is 43.9 Å². The molecule has 0 aliphatic carbocycles. The average Bonchev–Trinajstić information content (AvgIpc) is 2.97. The van der Waals surface area contributed by atoms with E-state index in [2.05, 4.69) is 52.1 Å². The molecule has 0 unspecified atom stereocenters. The highest BCUT2D eigenvalue weighted by Gasteiger charge is 2.07. The minimum Gasteiger partial charge on any atom is -0.340 e. The van der Waals surface area contributed by atoms with E-state index in [1.54, 1.807) is 0 Å². The highest BCUT2D eigenvalue weighted by molar-refractivity contribution is 5.80. The minimum atomic E-state index is 0.649. The van der Waals surface area contributed by atoms with Crippen LogP contribution in [0.5, 0.6) is 0 Å². The van der Waals surface area contributed by atoms with Gasteiger partial charge in [-0.05, 0) is 30.5 Å². The second-order valence-corrected chi connectivity index (χ2v) is 4.46. The van der Waals surface area contributed by atoms with E-state index in [0.29, 0.717) is 12.4 Å². The van der Waals surface area contributed by atoms with Gasteiger partial charge in [0.05, 0.1) is 6.54 Å². The Morgan fingerprint density at radius 2 is 2.17 bits per heavy atom. The fourth-order valence-corrected chi connectivity index (χ4v) is 2.11. The number of aryl methyl sites for hydroxylation is 2. The van der Waals surface area contributed by atoms with Crippen LogP contribution in [0.2, 0.25) is 0 Å². The molecule has 0 N–H and O–H groups in total. The number of fused-ring (bicyclic) bond motifs is 1. The van der Waals surface area contributed by atoms with Crippen molar-refractivity contribution < 1.29 is 4.52 Å². The quantitative estimate of drug-likeness (QED) is 0.708. The summed E-state index contributed by atoms with van der Waals surface area (Å²) in [5.41, 5.74) is 2.47. The first-order chi connectivity index (χ1) is 8.76. The SMILES string of the molecule is CCc1nc(Cn2ccc3cc(C)ccc32)no1. The fraction of sp³-hybridized carbons (Fsp3) is 0.286. The maximum absolute atomic E-state index is 5.12. The van der Waals surface area contributed by atoms with Crippen LogP contribution in [0.1, 0.15) is 24.2 Å². The van der Waals surface area contributed by atoms with Gasteiger partial charge >= 0.3 is 0 Å². The summed E-state index contributed by atoms with van der Waals surface area (Å²) in [6.07, 6.45) is 2.84. The predicted octanol–water partition coefficient (Wildman–Crippen LogP) is 2.94. The van der Waals surface area contributed by atoms with Crippen molar-refractivity contribution in [2.45, 2.75) is 26.8 Å². The summed E-state index contributed by atoms with van der Waals surface area (Å²) in [6, 6.07) is 8.54. The van der Waals surface area contributed by atoms with Gasteiger partial charge in [0, 0.05) is 18.1 Å². The molecule has 4 heteroatoms. The molecule has 2 heterocycles. The van der Waals surface area contributed by atoms with Crippen LogP contribution in [0.3, 0.4) is 0 Å². The summed E-state index contributed by atoms with van der Waals surface area (Å²) in [6.45, 7) is 4.75. The molecule has 3 aromatic rings. The first-order valence-corrected chi connectivity index (χ1v) is 6.13. The fourth-order valence-electron chi connectivity index (χ4n) is 2.11. The van der Waals surface area contributed by atoms with Crippen LogP contribution in [0.4, 0.5) is 0 Å². The summed E-state index contributed by atoms with van der Waals surface area (Å²) < 4.78 is 7.26. The number of hydrogen-bond donors (Lipinski definition) is 0. The number of nitrogens with zero attached hydrogens (tertiary/aromatic N) is 3. The summed E-state index contributed by atoms with van der Waals surface area (Å²) in [5.74, 6) is 1.42. The van der Waals surface area contributed by atoms with Crippen molar-refractivity contribution in [2.24, 2.45) is 0 Å². The highest BCUT2D eigenvalue weighted by Crippen LogP contribution is 2.18. The zero-order chi connectivity index (χ0) is 12.5. The molecule has 4 nitrogen and oxygen atoms in total. The molecular weight excluding hydrogens is 226 g/mol. The Bertz CT molecular complexity index is 681. The number of hydrogen-bond acceptors (Lipinski definition) is 3. The monoisotopic (exact) mass is 241 g/mol. The summed E-state index contributed by atoms with van der Waals surface area (Å²) in [7, 11) is 0. The largest absolute Gasteiger partial charge is 0.340 e. The lowest BCUT2D eigenvalue weighted by Gasteiger charge is -2.01. The van der Waals surface area contributed by atoms with Crippen LogP contribution in [0.25, 0.3) is 10.9 Å². The van der Waals surface area contributed by atoms with Gasteiger partial charge in [0.15, 0.2) is 5.82 Å². The lowest BCUT2D eigenvalue weighted by atomic mass is 10.2. The van der Waals surface area contributed by atoms with Crippen LogP contribution in [0, 0.1) is 6.92 Å². The van der Waals surface area contributed by atoms with Gasteiger partial charge in [0.25, 0.3) is 0 Å². The van der Waals surface area contributed by atoms with Gasteiger partial charge in [-0.2, -0.15) is 4.98 Å².